The van der Waals surface area contributed by atoms with Gasteiger partial charge in [-0.05, 0) is 32.0 Å². The Bertz CT molecular complexity index is 879. The van der Waals surface area contributed by atoms with Gasteiger partial charge in [-0.2, -0.15) is 13.2 Å². The van der Waals surface area contributed by atoms with Crippen molar-refractivity contribution in [2.75, 3.05) is 13.1 Å². The van der Waals surface area contributed by atoms with Crippen molar-refractivity contribution in [3.05, 3.63) is 44.6 Å². The van der Waals surface area contributed by atoms with E-state index in [0.29, 0.717) is 23.7 Å². The van der Waals surface area contributed by atoms with E-state index >= 15 is 0 Å². The molecule has 0 fully saturated rings. The van der Waals surface area contributed by atoms with E-state index in [1.54, 1.807) is 13.8 Å². The number of aromatic amines is 1. The van der Waals surface area contributed by atoms with Gasteiger partial charge in [-0.25, -0.2) is 4.79 Å². The van der Waals surface area contributed by atoms with Crippen LogP contribution in [0.4, 0.5) is 13.2 Å². The van der Waals surface area contributed by atoms with Crippen LogP contribution in [0.3, 0.4) is 0 Å². The second-order valence-corrected chi connectivity index (χ2v) is 5.15. The summed E-state index contributed by atoms with van der Waals surface area (Å²) in [5.41, 5.74) is -2.78. The number of alkyl halides is 3. The molecule has 0 saturated carbocycles. The predicted molar refractivity (Wildman–Crippen MR) is 81.8 cm³/mol. The van der Waals surface area contributed by atoms with Gasteiger partial charge in [-0.3, -0.25) is 14.2 Å². The lowest BCUT2D eigenvalue weighted by molar-refractivity contribution is -0.137. The smallest absolute Gasteiger partial charge is 0.342 e. The quantitative estimate of drug-likeness (QED) is 0.916. The number of likely N-dealkylation sites (N-methyl/N-ethyl adjacent to an activating group) is 1. The molecular weight excluding hydrogens is 327 g/mol. The molecule has 0 spiro atoms. The van der Waals surface area contributed by atoms with Crippen LogP contribution in [0.2, 0.25) is 0 Å². The normalized spacial score (nSPS) is 11.7. The van der Waals surface area contributed by atoms with Gasteiger partial charge in [0.2, 0.25) is 5.91 Å². The van der Waals surface area contributed by atoms with E-state index in [1.807, 2.05) is 0 Å². The number of hydrogen-bond donors (Lipinski definition) is 1. The van der Waals surface area contributed by atoms with E-state index in [0.717, 1.165) is 12.1 Å². The number of carbonyl (C=O) groups excluding carboxylic acids is 1. The van der Waals surface area contributed by atoms with Crippen LogP contribution in [0.25, 0.3) is 10.9 Å². The van der Waals surface area contributed by atoms with Crippen LogP contribution in [0, 0.1) is 0 Å². The summed E-state index contributed by atoms with van der Waals surface area (Å²) in [4.78, 5) is 40.2. The molecule has 1 heterocycles. The topological polar surface area (TPSA) is 75.2 Å². The minimum Gasteiger partial charge on any atom is -0.342 e. The van der Waals surface area contributed by atoms with Crippen molar-refractivity contribution in [3.8, 4) is 0 Å². The fourth-order valence-corrected chi connectivity index (χ4v) is 2.38. The monoisotopic (exact) mass is 343 g/mol. The van der Waals surface area contributed by atoms with E-state index in [4.69, 9.17) is 0 Å². The van der Waals surface area contributed by atoms with Crippen molar-refractivity contribution < 1.29 is 18.0 Å². The highest BCUT2D eigenvalue weighted by Crippen LogP contribution is 2.30. The maximum Gasteiger partial charge on any atom is 0.416 e. The summed E-state index contributed by atoms with van der Waals surface area (Å²) in [6.07, 6.45) is -4.61. The average molecular weight is 343 g/mol. The van der Waals surface area contributed by atoms with Gasteiger partial charge < -0.3 is 9.88 Å². The molecule has 2 rings (SSSR count). The highest BCUT2D eigenvalue weighted by molar-refractivity contribution is 5.79. The zero-order chi connectivity index (χ0) is 18.1. The van der Waals surface area contributed by atoms with E-state index in [2.05, 4.69) is 4.98 Å². The Balaban J connectivity index is 2.57. The Morgan fingerprint density at radius 1 is 1.21 bits per heavy atom. The number of carbonyl (C=O) groups is 1. The van der Waals surface area contributed by atoms with Crippen molar-refractivity contribution in [1.82, 2.24) is 14.5 Å². The summed E-state index contributed by atoms with van der Waals surface area (Å²) < 4.78 is 39.0. The van der Waals surface area contributed by atoms with Gasteiger partial charge in [0, 0.05) is 13.1 Å². The molecule has 0 radical (unpaired) electrons. The number of nitrogens with zero attached hydrogens (tertiary/aromatic N) is 2. The van der Waals surface area contributed by atoms with E-state index in [9.17, 15) is 27.6 Å². The first-order chi connectivity index (χ1) is 11.2. The zero-order valence-corrected chi connectivity index (χ0v) is 13.1. The minimum atomic E-state index is -4.61. The molecule has 130 valence electrons. The number of benzene rings is 1. The lowest BCUT2D eigenvalue weighted by Crippen LogP contribution is -2.42. The lowest BCUT2D eigenvalue weighted by Gasteiger charge is -2.18. The Labute approximate surface area is 134 Å². The van der Waals surface area contributed by atoms with Crippen LogP contribution in [-0.4, -0.2) is 33.4 Å². The number of H-pyrrole nitrogens is 1. The summed E-state index contributed by atoms with van der Waals surface area (Å²) >= 11 is 0. The molecule has 24 heavy (non-hydrogen) atoms. The maximum absolute atomic E-state index is 12.8. The van der Waals surface area contributed by atoms with Gasteiger partial charge in [0.15, 0.2) is 0 Å². The van der Waals surface area contributed by atoms with Crippen LogP contribution >= 0.6 is 0 Å². The third-order valence-electron chi connectivity index (χ3n) is 3.72. The van der Waals surface area contributed by atoms with Crippen molar-refractivity contribution >= 4 is 16.8 Å². The molecule has 0 unspecified atom stereocenters. The highest BCUT2D eigenvalue weighted by atomic mass is 19.4. The molecule has 0 aliphatic heterocycles. The largest absolute Gasteiger partial charge is 0.416 e. The first kappa shape index (κ1) is 17.8. The van der Waals surface area contributed by atoms with Crippen molar-refractivity contribution in [3.63, 3.8) is 0 Å². The molecule has 9 heteroatoms. The van der Waals surface area contributed by atoms with Crippen LogP contribution in [-0.2, 0) is 17.5 Å². The standard InChI is InChI=1S/C15H16F3N3O3/c1-3-20(4-2)12(22)8-21-13(23)10-7-9(15(16,17)18)5-6-11(10)19-14(21)24/h5-7H,3-4,8H2,1-2H3,(H,19,24). The molecule has 0 saturated heterocycles. The van der Waals surface area contributed by atoms with E-state index in [1.165, 1.54) is 4.90 Å². The van der Waals surface area contributed by atoms with Gasteiger partial charge in [-0.1, -0.05) is 0 Å². The van der Waals surface area contributed by atoms with Crippen LogP contribution < -0.4 is 11.2 Å². The number of rotatable bonds is 4. The predicted octanol–water partition coefficient (Wildman–Crippen LogP) is 1.58. The minimum absolute atomic E-state index is 0.00969. The summed E-state index contributed by atoms with van der Waals surface area (Å²) in [7, 11) is 0. The Hall–Kier alpha value is -2.58. The Kier molecular flexibility index (Phi) is 4.81. The summed E-state index contributed by atoms with van der Waals surface area (Å²) in [6, 6.07) is 2.48. The van der Waals surface area contributed by atoms with Gasteiger partial charge >= 0.3 is 11.9 Å². The summed E-state index contributed by atoms with van der Waals surface area (Å²) in [6.45, 7) is 3.75. The van der Waals surface area contributed by atoms with E-state index < -0.39 is 35.4 Å². The number of fused-ring (bicyclic) bond motifs is 1. The molecule has 6 nitrogen and oxygen atoms in total. The number of halogens is 3. The molecule has 1 N–H and O–H groups in total. The Morgan fingerprint density at radius 3 is 2.38 bits per heavy atom. The van der Waals surface area contributed by atoms with Crippen molar-refractivity contribution in [1.29, 1.82) is 0 Å². The molecule has 0 bridgehead atoms. The number of aromatic nitrogens is 2. The molecule has 0 aliphatic rings. The van der Waals surface area contributed by atoms with Crippen molar-refractivity contribution in [2.24, 2.45) is 0 Å². The second-order valence-electron chi connectivity index (χ2n) is 5.15. The summed E-state index contributed by atoms with van der Waals surface area (Å²) in [5, 5.41) is -0.295. The maximum atomic E-state index is 12.8. The molecule has 1 aromatic heterocycles. The molecular formula is C15H16F3N3O3. The molecule has 1 aromatic carbocycles. The van der Waals surface area contributed by atoms with Crippen molar-refractivity contribution in [2.45, 2.75) is 26.6 Å². The number of hydrogen-bond acceptors (Lipinski definition) is 3. The third-order valence-corrected chi connectivity index (χ3v) is 3.72. The van der Waals surface area contributed by atoms with Gasteiger partial charge in [-0.15, -0.1) is 0 Å². The van der Waals surface area contributed by atoms with Crippen LogP contribution in [0.1, 0.15) is 19.4 Å². The van der Waals surface area contributed by atoms with Crippen LogP contribution in [0.5, 0.6) is 0 Å². The number of nitrogens with one attached hydrogen (secondary N) is 1. The van der Waals surface area contributed by atoms with Gasteiger partial charge in [0.1, 0.15) is 6.54 Å². The second kappa shape index (κ2) is 6.50. The highest BCUT2D eigenvalue weighted by Gasteiger charge is 2.31. The molecule has 0 atom stereocenters. The number of amides is 1. The lowest BCUT2D eigenvalue weighted by atomic mass is 10.1. The fourth-order valence-electron chi connectivity index (χ4n) is 2.38. The summed E-state index contributed by atoms with van der Waals surface area (Å²) in [5.74, 6) is -0.459. The van der Waals surface area contributed by atoms with Gasteiger partial charge in [0.05, 0.1) is 16.5 Å². The zero-order valence-electron chi connectivity index (χ0n) is 13.1. The molecule has 1 amide bonds. The fraction of sp³-hybridized carbons (Fsp3) is 0.400. The SMILES string of the molecule is CCN(CC)C(=O)Cn1c(=O)[nH]c2ccc(C(F)(F)F)cc2c1=O. The average Bonchev–Trinajstić information content (AvgIpc) is 2.51. The Morgan fingerprint density at radius 2 is 1.83 bits per heavy atom. The van der Waals surface area contributed by atoms with E-state index in [-0.39, 0.29) is 10.9 Å². The van der Waals surface area contributed by atoms with Gasteiger partial charge in [0.25, 0.3) is 5.56 Å². The first-order valence-electron chi connectivity index (χ1n) is 7.30. The third kappa shape index (κ3) is 3.34. The van der Waals surface area contributed by atoms with Crippen LogP contribution in [0.15, 0.2) is 27.8 Å². The first-order valence-corrected chi connectivity index (χ1v) is 7.30. The molecule has 0 aliphatic carbocycles. The molecule has 2 aromatic rings.